The number of oxazole rings is 1. The van der Waals surface area contributed by atoms with Gasteiger partial charge in [0, 0.05) is 18.3 Å². The number of aliphatic carboxylic acids is 1. The Kier molecular flexibility index (Phi) is 18.3. The summed E-state index contributed by atoms with van der Waals surface area (Å²) in [5, 5.41) is 9.88. The maximum Gasteiger partial charge on any atom is 0.305 e. The van der Waals surface area contributed by atoms with Crippen LogP contribution < -0.4 is 0 Å². The normalized spacial score (nSPS) is 17.4. The fourth-order valence-electron chi connectivity index (χ4n) is 6.17. The van der Waals surface area contributed by atoms with E-state index < -0.39 is 48.4 Å². The number of rotatable bonds is 21. The van der Waals surface area contributed by atoms with Gasteiger partial charge in [0.2, 0.25) is 0 Å². The molecule has 11 heteroatoms. The molecule has 1 N–H and O–H groups in total. The quantitative estimate of drug-likeness (QED) is 0.0963. The Balaban J connectivity index is 3.37. The van der Waals surface area contributed by atoms with Gasteiger partial charge < -0.3 is 22.8 Å². The highest BCUT2D eigenvalue weighted by atomic mass is 28.4. The number of hydrogen-bond donors (Lipinski definition) is 1. The predicted molar refractivity (Wildman–Crippen MR) is 243 cm³/mol. The zero-order chi connectivity index (χ0) is 44.0. The molecule has 1 aromatic heterocycles. The maximum absolute atomic E-state index is 14.7. The van der Waals surface area contributed by atoms with Crippen LogP contribution in [0.25, 0.3) is 6.08 Å². The van der Waals surface area contributed by atoms with Crippen LogP contribution in [-0.2, 0) is 22.9 Å². The fourth-order valence-corrected chi connectivity index (χ4v) is 10.4. The van der Waals surface area contributed by atoms with E-state index in [0.717, 1.165) is 37.0 Å². The summed E-state index contributed by atoms with van der Waals surface area (Å²) in [5.74, 6) is -0.639. The Hall–Kier alpha value is -1.64. The van der Waals surface area contributed by atoms with E-state index in [0.29, 0.717) is 5.89 Å². The van der Waals surface area contributed by atoms with Crippen molar-refractivity contribution in [2.75, 3.05) is 0 Å². The standard InChI is InChI=1S/C45H85NO7Si3/c1-31(26-27-37(51-54(17,18)42(6,7)8)33(3)28-36-30-50-35(5)46-36)24-23-25-32(2)40(53-56(21,22)44(12,13)14)34(4)41(49)45(15,16)38(29-39(47)48)52-55(19,20)43(9,10)11/h26,28,30,32,34,37-38,40H,23-25,27,29H2,1-22H3,(H,47,48)/b31-26-,33-28+/t32-,34-,37-,38-,40+/m0/s1. The Morgan fingerprint density at radius 3 is 1.75 bits per heavy atom. The minimum absolute atomic E-state index is 0.00562. The molecular formula is C45H85NO7Si3. The summed E-state index contributed by atoms with van der Waals surface area (Å²) < 4.78 is 26.4. The molecule has 0 saturated carbocycles. The lowest BCUT2D eigenvalue weighted by molar-refractivity contribution is -0.146. The second-order valence-electron chi connectivity index (χ2n) is 21.9. The van der Waals surface area contributed by atoms with Gasteiger partial charge in [-0.25, -0.2) is 4.98 Å². The van der Waals surface area contributed by atoms with Crippen molar-refractivity contribution >= 4 is 42.8 Å². The smallest absolute Gasteiger partial charge is 0.305 e. The number of carbonyl (C=O) groups excluding carboxylic acids is 1. The zero-order valence-electron chi connectivity index (χ0n) is 40.0. The van der Waals surface area contributed by atoms with Crippen molar-refractivity contribution in [2.45, 2.75) is 216 Å². The molecule has 0 saturated heterocycles. The Morgan fingerprint density at radius 2 is 1.30 bits per heavy atom. The van der Waals surface area contributed by atoms with Crippen LogP contribution in [0.5, 0.6) is 0 Å². The molecule has 1 heterocycles. The molecule has 0 unspecified atom stereocenters. The minimum atomic E-state index is -2.38. The van der Waals surface area contributed by atoms with Gasteiger partial charge in [0.1, 0.15) is 17.7 Å². The largest absolute Gasteiger partial charge is 0.481 e. The van der Waals surface area contributed by atoms with Gasteiger partial charge in [-0.1, -0.05) is 102 Å². The third-order valence-corrected chi connectivity index (χ3v) is 26.9. The first-order chi connectivity index (χ1) is 25.0. The Bertz CT molecular complexity index is 1500. The van der Waals surface area contributed by atoms with Crippen LogP contribution in [0, 0.1) is 24.2 Å². The summed E-state index contributed by atoms with van der Waals surface area (Å²) in [6, 6.07) is 0. The minimum Gasteiger partial charge on any atom is -0.481 e. The molecule has 0 radical (unpaired) electrons. The van der Waals surface area contributed by atoms with Gasteiger partial charge in [-0.2, -0.15) is 0 Å². The van der Waals surface area contributed by atoms with E-state index >= 15 is 0 Å². The summed E-state index contributed by atoms with van der Waals surface area (Å²) in [5.41, 5.74) is 2.24. The van der Waals surface area contributed by atoms with E-state index in [1.165, 1.54) is 5.57 Å². The molecule has 324 valence electrons. The molecule has 0 spiro atoms. The van der Waals surface area contributed by atoms with Crippen LogP contribution in [0.2, 0.25) is 54.4 Å². The molecule has 0 amide bonds. The molecule has 1 rings (SSSR count). The number of carboxylic acids is 1. The van der Waals surface area contributed by atoms with Gasteiger partial charge in [0.05, 0.1) is 24.7 Å². The van der Waals surface area contributed by atoms with Crippen molar-refractivity contribution in [1.82, 2.24) is 4.98 Å². The summed E-state index contributed by atoms with van der Waals surface area (Å²) >= 11 is 0. The number of nitrogens with zero attached hydrogens (tertiary/aromatic N) is 1. The summed E-state index contributed by atoms with van der Waals surface area (Å²) in [6.45, 7) is 47.4. The molecule has 0 aromatic carbocycles. The monoisotopic (exact) mass is 836 g/mol. The van der Waals surface area contributed by atoms with Gasteiger partial charge >= 0.3 is 5.97 Å². The predicted octanol–water partition coefficient (Wildman–Crippen LogP) is 13.4. The van der Waals surface area contributed by atoms with Crippen LogP contribution in [0.1, 0.15) is 148 Å². The molecule has 0 aliphatic carbocycles. The SMILES string of the molecule is C/C(=C/C[C@H](O[Si](C)(C)C(C)(C)C)/C(C)=C/c1coc(C)n1)CCC[C@H](C)[C@@H](O[Si](C)(C)C(C)(C)C)[C@H](C)C(=O)C(C)(C)[C@H](CC(=O)O)O[Si](C)(C)C(C)(C)C. The third-order valence-electron chi connectivity index (χ3n) is 13.4. The van der Waals surface area contributed by atoms with E-state index in [9.17, 15) is 14.7 Å². The first-order valence-corrected chi connectivity index (χ1v) is 29.7. The average Bonchev–Trinajstić information content (AvgIpc) is 3.42. The van der Waals surface area contributed by atoms with Crippen molar-refractivity contribution in [3.63, 3.8) is 0 Å². The van der Waals surface area contributed by atoms with Crippen molar-refractivity contribution < 1.29 is 32.4 Å². The molecule has 5 atom stereocenters. The highest BCUT2D eigenvalue weighted by Gasteiger charge is 2.50. The highest BCUT2D eigenvalue weighted by Crippen LogP contribution is 2.44. The van der Waals surface area contributed by atoms with E-state index in [1.807, 2.05) is 27.7 Å². The van der Waals surface area contributed by atoms with Gasteiger partial charge in [-0.05, 0) is 111 Å². The fraction of sp³-hybridized carbons (Fsp3) is 0.800. The van der Waals surface area contributed by atoms with Crippen molar-refractivity contribution in [2.24, 2.45) is 17.3 Å². The van der Waals surface area contributed by atoms with E-state index in [2.05, 4.69) is 140 Å². The average molecular weight is 836 g/mol. The lowest BCUT2D eigenvalue weighted by Gasteiger charge is -2.46. The van der Waals surface area contributed by atoms with E-state index in [-0.39, 0.29) is 45.4 Å². The zero-order valence-corrected chi connectivity index (χ0v) is 43.0. The number of Topliss-reactive ketones (excluding diaryl/α,β-unsaturated/α-hetero) is 1. The lowest BCUT2D eigenvalue weighted by atomic mass is 9.73. The first-order valence-electron chi connectivity index (χ1n) is 21.0. The molecule has 56 heavy (non-hydrogen) atoms. The molecule has 8 nitrogen and oxygen atoms in total. The first kappa shape index (κ1) is 52.4. The van der Waals surface area contributed by atoms with Crippen LogP contribution in [0.4, 0.5) is 0 Å². The molecule has 0 bridgehead atoms. The van der Waals surface area contributed by atoms with Gasteiger partial charge in [0.15, 0.2) is 30.8 Å². The lowest BCUT2D eigenvalue weighted by Crippen LogP contribution is -2.54. The van der Waals surface area contributed by atoms with Gasteiger partial charge in [0.25, 0.3) is 0 Å². The van der Waals surface area contributed by atoms with Crippen LogP contribution in [0.3, 0.4) is 0 Å². The topological polar surface area (TPSA) is 108 Å². The van der Waals surface area contributed by atoms with Crippen LogP contribution in [0.15, 0.2) is 27.9 Å². The van der Waals surface area contributed by atoms with Crippen molar-refractivity contribution in [1.29, 1.82) is 0 Å². The Morgan fingerprint density at radius 1 is 0.821 bits per heavy atom. The number of ketones is 1. The highest BCUT2D eigenvalue weighted by molar-refractivity contribution is 6.75. The molecule has 0 fully saturated rings. The maximum atomic E-state index is 14.7. The number of carboxylic acid groups (broad SMARTS) is 1. The van der Waals surface area contributed by atoms with E-state index in [4.69, 9.17) is 17.7 Å². The number of allylic oxidation sites excluding steroid dienone is 1. The van der Waals surface area contributed by atoms with Gasteiger partial charge in [-0.15, -0.1) is 0 Å². The molecule has 0 aliphatic rings. The number of carbonyl (C=O) groups is 2. The van der Waals surface area contributed by atoms with Crippen molar-refractivity contribution in [3.8, 4) is 0 Å². The number of aryl methyl sites for hydroxylation is 1. The van der Waals surface area contributed by atoms with Crippen LogP contribution >= 0.6 is 0 Å². The van der Waals surface area contributed by atoms with E-state index in [1.54, 1.807) is 6.26 Å². The summed E-state index contributed by atoms with van der Waals surface area (Å²) in [7, 11) is -6.72. The van der Waals surface area contributed by atoms with Crippen LogP contribution in [-0.4, -0.2) is 65.1 Å². The van der Waals surface area contributed by atoms with Gasteiger partial charge in [-0.3, -0.25) is 9.59 Å². The Labute approximate surface area is 346 Å². The number of hydrogen-bond acceptors (Lipinski definition) is 7. The molecule has 1 aromatic rings. The molecule has 0 aliphatic heterocycles. The number of aromatic nitrogens is 1. The summed E-state index contributed by atoms with van der Waals surface area (Å²) in [4.78, 5) is 31.4. The summed E-state index contributed by atoms with van der Waals surface area (Å²) in [6.07, 6.45) is 8.34. The van der Waals surface area contributed by atoms with Crippen molar-refractivity contribution in [3.05, 3.63) is 35.1 Å². The second kappa shape index (κ2) is 19.6. The third kappa shape index (κ3) is 14.9. The second-order valence-corrected chi connectivity index (χ2v) is 36.2. The molecular weight excluding hydrogens is 751 g/mol.